The normalized spacial score (nSPS) is 12.5. The lowest BCUT2D eigenvalue weighted by Gasteiger charge is -2.07. The zero-order chi connectivity index (χ0) is 14.7. The van der Waals surface area contributed by atoms with E-state index in [1.807, 2.05) is 64.5 Å². The zero-order valence-electron chi connectivity index (χ0n) is 12.1. The molecule has 0 bridgehead atoms. The molecule has 0 aliphatic heterocycles. The molecule has 0 fully saturated rings. The highest BCUT2D eigenvalue weighted by atomic mass is 15.3. The Kier molecular flexibility index (Phi) is 3.83. The molecule has 5 heteroatoms. The van der Waals surface area contributed by atoms with Gasteiger partial charge in [0.25, 0.3) is 0 Å². The van der Waals surface area contributed by atoms with Crippen LogP contribution in [-0.4, -0.2) is 19.6 Å². The third-order valence-corrected chi connectivity index (χ3v) is 3.52. The van der Waals surface area contributed by atoms with E-state index in [0.29, 0.717) is 0 Å². The fraction of sp³-hybridized carbons (Fsp3) is 0.250. The Hall–Kier alpha value is -2.40. The Labute approximate surface area is 124 Å². The first-order chi connectivity index (χ1) is 10.3. The smallest absolute Gasteiger partial charge is 0.0645 e. The predicted molar refractivity (Wildman–Crippen MR) is 82.1 cm³/mol. The molecule has 1 atom stereocenters. The predicted octanol–water partition coefficient (Wildman–Crippen LogP) is 2.33. The molecule has 2 heterocycles. The van der Waals surface area contributed by atoms with E-state index in [2.05, 4.69) is 17.1 Å². The summed E-state index contributed by atoms with van der Waals surface area (Å²) in [6, 6.07) is 9.95. The number of aromatic nitrogens is 4. The topological polar surface area (TPSA) is 61.7 Å². The van der Waals surface area contributed by atoms with Crippen molar-refractivity contribution in [3.05, 3.63) is 66.2 Å². The first-order valence-electron chi connectivity index (χ1n) is 7.13. The molecule has 3 aromatic rings. The van der Waals surface area contributed by atoms with Crippen molar-refractivity contribution in [2.75, 3.05) is 0 Å². The number of benzene rings is 1. The van der Waals surface area contributed by atoms with Gasteiger partial charge >= 0.3 is 0 Å². The molecule has 1 unspecified atom stereocenters. The molecule has 21 heavy (non-hydrogen) atoms. The molecule has 2 aromatic heterocycles. The lowest BCUT2D eigenvalue weighted by Crippen LogP contribution is -2.12. The van der Waals surface area contributed by atoms with Gasteiger partial charge in [-0.05, 0) is 31.0 Å². The van der Waals surface area contributed by atoms with Crippen LogP contribution in [0.4, 0.5) is 0 Å². The van der Waals surface area contributed by atoms with E-state index in [0.717, 1.165) is 29.8 Å². The highest BCUT2D eigenvalue weighted by Crippen LogP contribution is 2.17. The maximum atomic E-state index is 6.28. The maximum absolute atomic E-state index is 6.28. The summed E-state index contributed by atoms with van der Waals surface area (Å²) < 4.78 is 3.76. The quantitative estimate of drug-likeness (QED) is 0.780. The number of nitrogens with zero attached hydrogens (tertiary/aromatic N) is 4. The summed E-state index contributed by atoms with van der Waals surface area (Å²) in [6.07, 6.45) is 8.51. The van der Waals surface area contributed by atoms with Crippen molar-refractivity contribution in [2.45, 2.75) is 25.9 Å². The minimum absolute atomic E-state index is 0.0723. The van der Waals surface area contributed by atoms with Crippen LogP contribution in [0.25, 0.3) is 5.69 Å². The van der Waals surface area contributed by atoms with Gasteiger partial charge in [-0.1, -0.05) is 18.2 Å². The molecule has 1 aromatic carbocycles. The first kappa shape index (κ1) is 13.6. The molecule has 0 saturated carbocycles. The lowest BCUT2D eigenvalue weighted by molar-refractivity contribution is 0.657. The summed E-state index contributed by atoms with van der Waals surface area (Å²) >= 11 is 0. The fourth-order valence-electron chi connectivity index (χ4n) is 2.31. The highest BCUT2D eigenvalue weighted by molar-refractivity contribution is 5.31. The Morgan fingerprint density at radius 1 is 1.10 bits per heavy atom. The molecule has 3 rings (SSSR count). The van der Waals surface area contributed by atoms with Gasteiger partial charge in [0.05, 0.1) is 18.1 Å². The van der Waals surface area contributed by atoms with Crippen LogP contribution in [0, 0.1) is 0 Å². The maximum Gasteiger partial charge on any atom is 0.0645 e. The molecular weight excluding hydrogens is 262 g/mol. The molecule has 0 amide bonds. The second-order valence-corrected chi connectivity index (χ2v) is 5.07. The molecule has 0 saturated heterocycles. The van der Waals surface area contributed by atoms with Crippen molar-refractivity contribution in [2.24, 2.45) is 5.73 Å². The summed E-state index contributed by atoms with van der Waals surface area (Å²) in [5.41, 5.74) is 9.50. The Balaban J connectivity index is 1.73. The van der Waals surface area contributed by atoms with Gasteiger partial charge in [-0.3, -0.25) is 4.68 Å². The molecule has 0 radical (unpaired) electrons. The van der Waals surface area contributed by atoms with Gasteiger partial charge in [0.15, 0.2) is 0 Å². The second kappa shape index (κ2) is 5.93. The summed E-state index contributed by atoms with van der Waals surface area (Å²) in [6.45, 7) is 2.95. The Morgan fingerprint density at radius 2 is 1.90 bits per heavy atom. The number of aryl methyl sites for hydroxylation is 1. The Morgan fingerprint density at radius 3 is 2.62 bits per heavy atom. The molecule has 0 aliphatic rings. The molecule has 0 aliphatic carbocycles. The third kappa shape index (κ3) is 3.03. The van der Waals surface area contributed by atoms with Crippen LogP contribution in [-0.2, 0) is 13.0 Å². The van der Waals surface area contributed by atoms with Crippen LogP contribution in [0.15, 0.2) is 55.1 Å². The number of para-hydroxylation sites is 1. The average molecular weight is 281 g/mol. The largest absolute Gasteiger partial charge is 0.324 e. The van der Waals surface area contributed by atoms with Crippen LogP contribution in [0.5, 0.6) is 0 Å². The van der Waals surface area contributed by atoms with Gasteiger partial charge in [0, 0.05) is 30.5 Å². The van der Waals surface area contributed by atoms with Crippen LogP contribution < -0.4 is 5.73 Å². The van der Waals surface area contributed by atoms with Gasteiger partial charge in [-0.25, -0.2) is 4.68 Å². The third-order valence-electron chi connectivity index (χ3n) is 3.52. The minimum atomic E-state index is -0.0723. The molecular formula is C16H19N5. The molecule has 5 nitrogen and oxygen atoms in total. The van der Waals surface area contributed by atoms with Crippen molar-refractivity contribution in [3.8, 4) is 5.69 Å². The van der Waals surface area contributed by atoms with Gasteiger partial charge in [-0.15, -0.1) is 0 Å². The zero-order valence-corrected chi connectivity index (χ0v) is 12.1. The van der Waals surface area contributed by atoms with E-state index in [1.165, 1.54) is 0 Å². The van der Waals surface area contributed by atoms with Gasteiger partial charge in [0.2, 0.25) is 0 Å². The van der Waals surface area contributed by atoms with Crippen LogP contribution in [0.1, 0.15) is 24.1 Å². The number of hydrogen-bond donors (Lipinski definition) is 1. The van der Waals surface area contributed by atoms with Gasteiger partial charge in [-0.2, -0.15) is 10.2 Å². The number of hydrogen-bond acceptors (Lipinski definition) is 3. The van der Waals surface area contributed by atoms with E-state index < -0.39 is 0 Å². The van der Waals surface area contributed by atoms with Crippen LogP contribution >= 0.6 is 0 Å². The van der Waals surface area contributed by atoms with Crippen molar-refractivity contribution in [1.29, 1.82) is 0 Å². The molecule has 0 spiro atoms. The molecule has 108 valence electrons. The molecule has 2 N–H and O–H groups in total. The SMILES string of the molecule is CCn1cc(CC(N)c2cnn(-c3ccccc3)c2)cn1. The standard InChI is InChI=1S/C16H19N5/c1-2-20-11-13(9-18-20)8-16(17)14-10-19-21(12-14)15-6-4-3-5-7-15/h3-7,9-12,16H,2,8,17H2,1H3. The van der Waals surface area contributed by atoms with Gasteiger partial charge < -0.3 is 5.73 Å². The monoisotopic (exact) mass is 281 g/mol. The van der Waals surface area contributed by atoms with E-state index in [-0.39, 0.29) is 6.04 Å². The van der Waals surface area contributed by atoms with E-state index in [4.69, 9.17) is 5.73 Å². The van der Waals surface area contributed by atoms with E-state index >= 15 is 0 Å². The highest BCUT2D eigenvalue weighted by Gasteiger charge is 2.11. The first-order valence-corrected chi connectivity index (χ1v) is 7.13. The summed E-state index contributed by atoms with van der Waals surface area (Å²) in [5, 5.41) is 8.66. The summed E-state index contributed by atoms with van der Waals surface area (Å²) in [7, 11) is 0. The van der Waals surface area contributed by atoms with Crippen molar-refractivity contribution >= 4 is 0 Å². The van der Waals surface area contributed by atoms with E-state index in [1.54, 1.807) is 0 Å². The minimum Gasteiger partial charge on any atom is -0.324 e. The summed E-state index contributed by atoms with van der Waals surface area (Å²) in [5.74, 6) is 0. The second-order valence-electron chi connectivity index (χ2n) is 5.07. The fourth-order valence-corrected chi connectivity index (χ4v) is 2.31. The lowest BCUT2D eigenvalue weighted by atomic mass is 10.1. The summed E-state index contributed by atoms with van der Waals surface area (Å²) in [4.78, 5) is 0. The average Bonchev–Trinajstić information content (AvgIpc) is 3.17. The Bertz CT molecular complexity index is 698. The van der Waals surface area contributed by atoms with Crippen LogP contribution in [0.2, 0.25) is 0 Å². The van der Waals surface area contributed by atoms with Gasteiger partial charge in [0.1, 0.15) is 0 Å². The van der Waals surface area contributed by atoms with Crippen molar-refractivity contribution < 1.29 is 0 Å². The number of rotatable bonds is 5. The van der Waals surface area contributed by atoms with E-state index in [9.17, 15) is 0 Å². The van der Waals surface area contributed by atoms with Crippen molar-refractivity contribution in [1.82, 2.24) is 19.6 Å². The number of nitrogens with two attached hydrogens (primary N) is 1. The van der Waals surface area contributed by atoms with Crippen molar-refractivity contribution in [3.63, 3.8) is 0 Å². The van der Waals surface area contributed by atoms with Crippen LogP contribution in [0.3, 0.4) is 0 Å².